The van der Waals surface area contributed by atoms with Gasteiger partial charge in [-0.1, -0.05) is 244 Å². The Hall–Kier alpha value is -4.34. The number of rotatable bonds is 39. The van der Waals surface area contributed by atoms with Gasteiger partial charge in [-0.05, 0) is 137 Å². The zero-order valence-electron chi connectivity index (χ0n) is 53.9. The first-order valence-corrected chi connectivity index (χ1v) is 32.2. The summed E-state index contributed by atoms with van der Waals surface area (Å²) in [5, 5.41) is 47.4. The highest BCUT2D eigenvalue weighted by molar-refractivity contribution is 5.70. The van der Waals surface area contributed by atoms with Crippen LogP contribution in [-0.4, -0.2) is 67.0 Å². The van der Waals surface area contributed by atoms with Crippen LogP contribution in [0.25, 0.3) is 0 Å². The summed E-state index contributed by atoms with van der Waals surface area (Å²) in [7, 11) is 0. The SMILES string of the molecule is CCCCC/C=C\C/C=C\CCCCCCCC(=O)O[C@H]1CC(C)(C)[C@](O)(/C=C/C(C)=C/C=C/C(C)=C/C=C/C=C(C)/C=C/C=C(C)/C=C/[C@@]2(O)C(C)(C)C[C@H](OC(=O)CCCCCCC/C=C\CCCCCC)C[C@@]2(C)O)[C@](C)(O)C1. The third-order valence-corrected chi connectivity index (χ3v) is 16.9. The van der Waals surface area contributed by atoms with E-state index in [9.17, 15) is 30.0 Å². The van der Waals surface area contributed by atoms with Crippen LogP contribution in [0.15, 0.2) is 144 Å². The van der Waals surface area contributed by atoms with Crippen molar-refractivity contribution in [1.29, 1.82) is 0 Å². The third kappa shape index (κ3) is 28.0. The molecule has 4 N–H and O–H groups in total. The molecule has 0 aromatic rings. The van der Waals surface area contributed by atoms with Gasteiger partial charge in [-0.2, -0.15) is 0 Å². The Kier molecular flexibility index (Phi) is 35.4. The maximum Gasteiger partial charge on any atom is 0.306 e. The molecule has 0 spiro atoms. The highest BCUT2D eigenvalue weighted by atomic mass is 16.5. The Labute approximate surface area is 501 Å². The van der Waals surface area contributed by atoms with Crippen LogP contribution in [0.2, 0.25) is 0 Å². The number of ether oxygens (including phenoxy) is 2. The van der Waals surface area contributed by atoms with Gasteiger partial charge < -0.3 is 29.9 Å². The van der Waals surface area contributed by atoms with Gasteiger partial charge in [0.2, 0.25) is 0 Å². The van der Waals surface area contributed by atoms with Crippen molar-refractivity contribution in [2.24, 2.45) is 10.8 Å². The van der Waals surface area contributed by atoms with E-state index in [-0.39, 0.29) is 24.8 Å². The van der Waals surface area contributed by atoms with E-state index in [4.69, 9.17) is 9.47 Å². The van der Waals surface area contributed by atoms with Crippen LogP contribution >= 0.6 is 0 Å². The topological polar surface area (TPSA) is 134 Å². The van der Waals surface area contributed by atoms with Gasteiger partial charge in [0.25, 0.3) is 0 Å². The predicted molar refractivity (Wildman–Crippen MR) is 347 cm³/mol. The fourth-order valence-electron chi connectivity index (χ4n) is 11.6. The number of aliphatic hydroxyl groups is 4. The molecule has 0 amide bonds. The molecule has 6 atom stereocenters. The first kappa shape index (κ1) is 73.8. The summed E-state index contributed by atoms with van der Waals surface area (Å²) in [5.74, 6) is -0.463. The van der Waals surface area contributed by atoms with Crippen LogP contribution < -0.4 is 0 Å². The summed E-state index contributed by atoms with van der Waals surface area (Å²) in [4.78, 5) is 25.7. The van der Waals surface area contributed by atoms with Crippen molar-refractivity contribution in [3.05, 3.63) is 144 Å². The lowest BCUT2D eigenvalue weighted by atomic mass is 9.57. The van der Waals surface area contributed by atoms with Crippen molar-refractivity contribution in [3.8, 4) is 0 Å². The molecular formula is C74H118O8. The summed E-state index contributed by atoms with van der Waals surface area (Å²) in [5.41, 5.74) is -3.66. The lowest BCUT2D eigenvalue weighted by Gasteiger charge is -2.55. The van der Waals surface area contributed by atoms with Crippen LogP contribution in [0.5, 0.6) is 0 Å². The summed E-state index contributed by atoms with van der Waals surface area (Å²) in [6.07, 6.45) is 67.0. The average Bonchev–Trinajstić information content (AvgIpc) is 2.38. The number of hydrogen-bond acceptors (Lipinski definition) is 8. The van der Waals surface area contributed by atoms with Crippen molar-refractivity contribution in [2.75, 3.05) is 0 Å². The monoisotopic (exact) mass is 1130 g/mol. The van der Waals surface area contributed by atoms with Crippen molar-refractivity contribution in [3.63, 3.8) is 0 Å². The highest BCUT2D eigenvalue weighted by Crippen LogP contribution is 2.52. The largest absolute Gasteiger partial charge is 0.462 e. The lowest BCUT2D eigenvalue weighted by molar-refractivity contribution is -0.223. The molecule has 0 bridgehead atoms. The predicted octanol–water partition coefficient (Wildman–Crippen LogP) is 19.1. The van der Waals surface area contributed by atoms with E-state index < -0.39 is 45.4 Å². The Morgan fingerprint density at radius 3 is 1.09 bits per heavy atom. The standard InChI is InChI=1S/C74H118O8/c1-13-15-17-19-21-23-25-27-28-30-32-34-36-38-40-52-68(76)82-66-58-70(9,10)74(80,72(12,78)60-66)56-54-64(6)50-44-48-62(4)46-42-41-45-61(3)47-43-49-63(5)53-55-73(79)69(7,8)57-65(59-71(73,11)77)81-67(75)51-39-37-35-33-31-29-26-24-22-20-18-16-14-2/h21,23-24,26-28,41-50,53-56,65-66,77-80H,13-20,22,25,29-40,51-52,57-60H2,1-12H3/b23-21-,26-24-,28-27-,42-41+,47-43+,48-44+,55-53+,56-54+,61-45+,62-46+,63-49+,64-50+/t65-,66-,71+,72+,73+,74+/m0/s1. The van der Waals surface area contributed by atoms with Gasteiger partial charge in [-0.15, -0.1) is 0 Å². The zero-order chi connectivity index (χ0) is 61.0. The van der Waals surface area contributed by atoms with Crippen molar-refractivity contribution in [2.45, 2.75) is 297 Å². The smallest absolute Gasteiger partial charge is 0.306 e. The Bertz CT molecular complexity index is 2190. The van der Waals surface area contributed by atoms with Gasteiger partial charge >= 0.3 is 11.9 Å². The molecule has 2 fully saturated rings. The van der Waals surface area contributed by atoms with Crippen molar-refractivity contribution >= 4 is 11.9 Å². The Morgan fingerprint density at radius 1 is 0.402 bits per heavy atom. The molecule has 0 aromatic carbocycles. The molecule has 0 heterocycles. The van der Waals surface area contributed by atoms with E-state index in [1.165, 1.54) is 70.6 Å². The Morgan fingerprint density at radius 2 is 0.707 bits per heavy atom. The molecule has 0 aliphatic heterocycles. The van der Waals surface area contributed by atoms with Gasteiger partial charge in [-0.3, -0.25) is 9.59 Å². The number of carbonyl (C=O) groups excluding carboxylic acids is 2. The first-order valence-electron chi connectivity index (χ1n) is 32.2. The Balaban J connectivity index is 1.80. The number of hydrogen-bond donors (Lipinski definition) is 4. The minimum absolute atomic E-state index is 0.157. The van der Waals surface area contributed by atoms with Crippen LogP contribution in [-0.2, 0) is 19.1 Å². The molecule has 2 saturated carbocycles. The second-order valence-corrected chi connectivity index (χ2v) is 25.9. The maximum atomic E-state index is 12.9. The van der Waals surface area contributed by atoms with Gasteiger partial charge in [0.1, 0.15) is 23.4 Å². The summed E-state index contributed by atoms with van der Waals surface area (Å²) >= 11 is 0. The van der Waals surface area contributed by atoms with Gasteiger partial charge in [0.05, 0.1) is 11.2 Å². The summed E-state index contributed by atoms with van der Waals surface area (Å²) in [6.45, 7) is 23.4. The molecule has 0 unspecified atom stereocenters. The number of esters is 2. The molecule has 82 heavy (non-hydrogen) atoms. The highest BCUT2D eigenvalue weighted by Gasteiger charge is 2.60. The fraction of sp³-hybridized carbons (Fsp3) is 0.649. The normalized spacial score (nSPS) is 26.0. The number of allylic oxidation sites excluding steroid dienone is 22. The lowest BCUT2D eigenvalue weighted by Crippen LogP contribution is -2.65. The van der Waals surface area contributed by atoms with Crippen LogP contribution in [0.1, 0.15) is 263 Å². The van der Waals surface area contributed by atoms with Crippen molar-refractivity contribution in [1.82, 2.24) is 0 Å². The van der Waals surface area contributed by atoms with E-state index in [0.29, 0.717) is 25.7 Å². The van der Waals surface area contributed by atoms with E-state index in [2.05, 4.69) is 50.3 Å². The van der Waals surface area contributed by atoms with E-state index in [1.54, 1.807) is 26.0 Å². The van der Waals surface area contributed by atoms with Gasteiger partial charge in [0.15, 0.2) is 0 Å². The quantitative estimate of drug-likeness (QED) is 0.0207. The molecular weight excluding hydrogens is 1020 g/mol. The minimum Gasteiger partial charge on any atom is -0.462 e. The summed E-state index contributed by atoms with van der Waals surface area (Å²) in [6, 6.07) is 0. The first-order chi connectivity index (χ1) is 38.8. The second kappa shape index (κ2) is 39.3. The molecule has 462 valence electrons. The van der Waals surface area contributed by atoms with Gasteiger partial charge in [0, 0.05) is 36.5 Å². The van der Waals surface area contributed by atoms with Gasteiger partial charge in [-0.25, -0.2) is 0 Å². The minimum atomic E-state index is -1.54. The van der Waals surface area contributed by atoms with Crippen molar-refractivity contribution < 1.29 is 39.5 Å². The van der Waals surface area contributed by atoms with E-state index >= 15 is 0 Å². The number of carbonyl (C=O) groups is 2. The molecule has 8 nitrogen and oxygen atoms in total. The van der Waals surface area contributed by atoms with Crippen LogP contribution in [0, 0.1) is 10.8 Å². The maximum absolute atomic E-state index is 12.9. The summed E-state index contributed by atoms with van der Waals surface area (Å²) < 4.78 is 11.8. The third-order valence-electron chi connectivity index (χ3n) is 16.9. The molecule has 2 aliphatic rings. The van der Waals surface area contributed by atoms with Crippen LogP contribution in [0.3, 0.4) is 0 Å². The van der Waals surface area contributed by atoms with Crippen LogP contribution in [0.4, 0.5) is 0 Å². The van der Waals surface area contributed by atoms with E-state index in [1.807, 2.05) is 128 Å². The molecule has 2 aliphatic carbocycles. The number of unbranched alkanes of at least 4 members (excludes halogenated alkanes) is 17. The zero-order valence-corrected chi connectivity index (χ0v) is 53.9. The molecule has 2 rings (SSSR count). The van der Waals surface area contributed by atoms with E-state index in [0.717, 1.165) is 92.9 Å². The molecule has 8 heteroatoms. The second-order valence-electron chi connectivity index (χ2n) is 25.9. The molecule has 0 radical (unpaired) electrons. The fourth-order valence-corrected chi connectivity index (χ4v) is 11.6. The molecule has 0 saturated heterocycles. The molecule has 0 aromatic heterocycles. The average molecular weight is 1140 g/mol.